The van der Waals surface area contributed by atoms with Gasteiger partial charge in [-0.2, -0.15) is 5.26 Å². The van der Waals surface area contributed by atoms with Gasteiger partial charge in [0.25, 0.3) is 0 Å². The molecule has 3 heteroatoms. The molecule has 19 heavy (non-hydrogen) atoms. The molecular weight excluding hydrogens is 234 g/mol. The molecule has 3 nitrogen and oxygen atoms in total. The fourth-order valence-corrected chi connectivity index (χ4v) is 2.77. The van der Waals surface area contributed by atoms with Crippen LogP contribution in [0.4, 0.5) is 5.69 Å². The number of nitrogens with one attached hydrogen (secondary N) is 1. The highest BCUT2D eigenvalue weighted by atomic mass is 15.1. The van der Waals surface area contributed by atoms with E-state index >= 15 is 0 Å². The first-order valence-corrected chi connectivity index (χ1v) is 7.23. The van der Waals surface area contributed by atoms with Gasteiger partial charge in [-0.25, -0.2) is 0 Å². The molecule has 1 aliphatic rings. The van der Waals surface area contributed by atoms with Crippen LogP contribution < -0.4 is 5.32 Å². The summed E-state index contributed by atoms with van der Waals surface area (Å²) in [5, 5.41) is 12.8. The number of nitrogens with zero attached hydrogens (tertiary/aromatic N) is 2. The van der Waals surface area contributed by atoms with Crippen molar-refractivity contribution in [3.63, 3.8) is 0 Å². The minimum atomic E-state index is 0.501. The molecule has 1 saturated heterocycles. The normalized spacial score (nSPS) is 17.1. The number of piperidine rings is 1. The average molecular weight is 257 g/mol. The summed E-state index contributed by atoms with van der Waals surface area (Å²) in [5.41, 5.74) is 2.95. The van der Waals surface area contributed by atoms with Crippen molar-refractivity contribution in [3.05, 3.63) is 29.3 Å². The Morgan fingerprint density at radius 2 is 2.11 bits per heavy atom. The molecule has 0 aromatic heterocycles. The predicted molar refractivity (Wildman–Crippen MR) is 79.3 cm³/mol. The monoisotopic (exact) mass is 257 g/mol. The number of hydrogen-bond donors (Lipinski definition) is 1. The lowest BCUT2D eigenvalue weighted by atomic mass is 10.0. The molecule has 1 aromatic rings. The number of nitriles is 1. The van der Waals surface area contributed by atoms with Crippen LogP contribution >= 0.6 is 0 Å². The van der Waals surface area contributed by atoms with Gasteiger partial charge in [0.2, 0.25) is 0 Å². The van der Waals surface area contributed by atoms with Crippen molar-refractivity contribution in [2.45, 2.75) is 39.2 Å². The number of anilines is 1. The third kappa shape index (κ3) is 3.48. The second-order valence-corrected chi connectivity index (χ2v) is 5.37. The van der Waals surface area contributed by atoms with Crippen LogP contribution in [0.5, 0.6) is 0 Å². The molecule has 0 spiro atoms. The number of para-hydroxylation sites is 1. The molecule has 0 unspecified atom stereocenters. The summed E-state index contributed by atoms with van der Waals surface area (Å²) in [4.78, 5) is 2.53. The first-order chi connectivity index (χ1) is 9.24. The summed E-state index contributed by atoms with van der Waals surface area (Å²) in [6.45, 7) is 7.84. The predicted octanol–water partition coefficient (Wildman–Crippen LogP) is 3.15. The smallest absolute Gasteiger partial charge is 0.101 e. The van der Waals surface area contributed by atoms with Crippen LogP contribution in [0.25, 0.3) is 0 Å². The Bertz CT molecular complexity index is 454. The zero-order valence-corrected chi connectivity index (χ0v) is 11.9. The van der Waals surface area contributed by atoms with Crippen molar-refractivity contribution in [2.24, 2.45) is 0 Å². The van der Waals surface area contributed by atoms with Gasteiger partial charge in [0.15, 0.2) is 0 Å². The van der Waals surface area contributed by atoms with E-state index in [1.165, 1.54) is 38.9 Å². The Balaban J connectivity index is 1.98. The van der Waals surface area contributed by atoms with Crippen LogP contribution in [0.2, 0.25) is 0 Å². The molecule has 102 valence electrons. The number of aryl methyl sites for hydroxylation is 1. The molecule has 0 saturated carbocycles. The van der Waals surface area contributed by atoms with Crippen LogP contribution in [-0.2, 0) is 0 Å². The zero-order chi connectivity index (χ0) is 13.7. The molecule has 0 atom stereocenters. The standard InChI is InChI=1S/C16H23N3/c1-3-9-19-10-7-15(8-11-19)18-16-13(2)5-4-6-14(16)12-17/h4-6,15,18H,3,7-11H2,1-2H3. The summed E-state index contributed by atoms with van der Waals surface area (Å²) >= 11 is 0. The highest BCUT2D eigenvalue weighted by molar-refractivity contribution is 5.62. The van der Waals surface area contributed by atoms with Gasteiger partial charge in [0, 0.05) is 19.1 Å². The van der Waals surface area contributed by atoms with E-state index in [0.29, 0.717) is 6.04 Å². The van der Waals surface area contributed by atoms with Crippen molar-refractivity contribution in [1.29, 1.82) is 5.26 Å². The zero-order valence-electron chi connectivity index (χ0n) is 11.9. The van der Waals surface area contributed by atoms with Crippen LogP contribution in [0, 0.1) is 18.3 Å². The van der Waals surface area contributed by atoms with Crippen LogP contribution in [-0.4, -0.2) is 30.6 Å². The van der Waals surface area contributed by atoms with Gasteiger partial charge in [-0.1, -0.05) is 19.1 Å². The number of rotatable bonds is 4. The van der Waals surface area contributed by atoms with Crippen molar-refractivity contribution in [3.8, 4) is 6.07 Å². The fourth-order valence-electron chi connectivity index (χ4n) is 2.77. The maximum Gasteiger partial charge on any atom is 0.101 e. The van der Waals surface area contributed by atoms with Crippen molar-refractivity contribution in [1.82, 2.24) is 4.90 Å². The van der Waals surface area contributed by atoms with Gasteiger partial charge in [0.05, 0.1) is 11.3 Å². The Hall–Kier alpha value is -1.53. The molecule has 2 rings (SSSR count). The molecule has 1 heterocycles. The summed E-state index contributed by atoms with van der Waals surface area (Å²) in [6.07, 6.45) is 3.56. The number of hydrogen-bond acceptors (Lipinski definition) is 3. The van der Waals surface area contributed by atoms with Crippen molar-refractivity contribution >= 4 is 5.69 Å². The van der Waals surface area contributed by atoms with Gasteiger partial charge in [0.1, 0.15) is 6.07 Å². The summed E-state index contributed by atoms with van der Waals surface area (Å²) in [7, 11) is 0. The summed E-state index contributed by atoms with van der Waals surface area (Å²) < 4.78 is 0. The second-order valence-electron chi connectivity index (χ2n) is 5.37. The van der Waals surface area contributed by atoms with Crippen LogP contribution in [0.15, 0.2) is 18.2 Å². The SMILES string of the molecule is CCCN1CCC(Nc2c(C)cccc2C#N)CC1. The summed E-state index contributed by atoms with van der Waals surface area (Å²) in [6, 6.07) is 8.69. The lowest BCUT2D eigenvalue weighted by Crippen LogP contribution is -2.39. The molecule has 1 N–H and O–H groups in total. The van der Waals surface area contributed by atoms with E-state index in [-0.39, 0.29) is 0 Å². The second kappa shape index (κ2) is 6.58. The summed E-state index contributed by atoms with van der Waals surface area (Å²) in [5.74, 6) is 0. The van der Waals surface area contributed by atoms with Crippen molar-refractivity contribution in [2.75, 3.05) is 25.0 Å². The molecule has 1 fully saturated rings. The van der Waals surface area contributed by atoms with E-state index in [0.717, 1.165) is 16.8 Å². The number of likely N-dealkylation sites (tertiary alicyclic amines) is 1. The minimum Gasteiger partial charge on any atom is -0.381 e. The van der Waals surface area contributed by atoms with E-state index in [2.05, 4.69) is 36.2 Å². The Labute approximate surface area is 116 Å². The van der Waals surface area contributed by atoms with Crippen LogP contribution in [0.3, 0.4) is 0 Å². The fraction of sp³-hybridized carbons (Fsp3) is 0.562. The maximum absolute atomic E-state index is 9.19. The first kappa shape index (κ1) is 13.9. The van der Waals surface area contributed by atoms with E-state index in [1.807, 2.05) is 12.1 Å². The highest BCUT2D eigenvalue weighted by Gasteiger charge is 2.19. The lowest BCUT2D eigenvalue weighted by molar-refractivity contribution is 0.219. The minimum absolute atomic E-state index is 0.501. The molecule has 0 radical (unpaired) electrons. The number of benzene rings is 1. The molecule has 0 amide bonds. The van der Waals surface area contributed by atoms with Gasteiger partial charge in [-0.15, -0.1) is 0 Å². The first-order valence-electron chi connectivity index (χ1n) is 7.23. The van der Waals surface area contributed by atoms with Gasteiger partial charge < -0.3 is 10.2 Å². The third-order valence-corrected chi connectivity index (χ3v) is 3.87. The van der Waals surface area contributed by atoms with Crippen LogP contribution in [0.1, 0.15) is 37.3 Å². The van der Waals surface area contributed by atoms with Gasteiger partial charge >= 0.3 is 0 Å². The molecule has 0 aliphatic carbocycles. The molecular formula is C16H23N3. The lowest BCUT2D eigenvalue weighted by Gasteiger charge is -2.33. The molecule has 0 bridgehead atoms. The van der Waals surface area contributed by atoms with E-state index in [1.54, 1.807) is 0 Å². The Kier molecular flexibility index (Phi) is 4.81. The highest BCUT2D eigenvalue weighted by Crippen LogP contribution is 2.23. The largest absolute Gasteiger partial charge is 0.381 e. The Morgan fingerprint density at radius 3 is 2.74 bits per heavy atom. The average Bonchev–Trinajstić information content (AvgIpc) is 2.43. The van der Waals surface area contributed by atoms with Gasteiger partial charge in [-0.05, 0) is 44.4 Å². The van der Waals surface area contributed by atoms with E-state index in [4.69, 9.17) is 0 Å². The van der Waals surface area contributed by atoms with E-state index < -0.39 is 0 Å². The third-order valence-electron chi connectivity index (χ3n) is 3.87. The topological polar surface area (TPSA) is 39.1 Å². The Morgan fingerprint density at radius 1 is 1.37 bits per heavy atom. The van der Waals surface area contributed by atoms with Gasteiger partial charge in [-0.3, -0.25) is 0 Å². The quantitative estimate of drug-likeness (QED) is 0.900. The molecule has 1 aromatic carbocycles. The van der Waals surface area contributed by atoms with E-state index in [9.17, 15) is 5.26 Å². The van der Waals surface area contributed by atoms with Crippen molar-refractivity contribution < 1.29 is 0 Å². The maximum atomic E-state index is 9.19. The molecule has 1 aliphatic heterocycles.